The maximum Gasteiger partial charge on any atom is 0.277 e. The van der Waals surface area contributed by atoms with Crippen LogP contribution in [0, 0.1) is 11.7 Å². The third-order valence-electron chi connectivity index (χ3n) is 7.36. The van der Waals surface area contributed by atoms with E-state index in [1.165, 1.54) is 17.7 Å². The van der Waals surface area contributed by atoms with E-state index in [1.54, 1.807) is 21.8 Å². The second-order valence-electron chi connectivity index (χ2n) is 8.72. The summed E-state index contributed by atoms with van der Waals surface area (Å²) in [6, 6.07) is 14.6. The molecule has 162 valence electrons. The Balaban J connectivity index is 1.71. The van der Waals surface area contributed by atoms with Gasteiger partial charge in [0.1, 0.15) is 18.0 Å². The molecule has 6 nitrogen and oxygen atoms in total. The van der Waals surface area contributed by atoms with Crippen molar-refractivity contribution in [1.82, 2.24) is 9.58 Å². The van der Waals surface area contributed by atoms with Gasteiger partial charge >= 0.3 is 0 Å². The fourth-order valence-electron chi connectivity index (χ4n) is 6.03. The molecule has 32 heavy (non-hydrogen) atoms. The quantitative estimate of drug-likeness (QED) is 0.678. The lowest BCUT2D eigenvalue weighted by atomic mass is 9.81. The van der Waals surface area contributed by atoms with Crippen LogP contribution < -0.4 is 10.4 Å². The summed E-state index contributed by atoms with van der Waals surface area (Å²) in [7, 11) is 0. The molecule has 2 atom stereocenters. The van der Waals surface area contributed by atoms with Crippen LogP contribution in [0.2, 0.25) is 0 Å². The monoisotopic (exact) mass is 431 g/mol. The van der Waals surface area contributed by atoms with Gasteiger partial charge in [0, 0.05) is 24.7 Å². The van der Waals surface area contributed by atoms with E-state index in [1.807, 2.05) is 30.1 Å². The molecule has 7 heteroatoms. The van der Waals surface area contributed by atoms with Gasteiger partial charge in [-0.3, -0.25) is 19.3 Å². The summed E-state index contributed by atoms with van der Waals surface area (Å²) in [5, 5.41) is 12.6. The largest absolute Gasteiger partial charge is 0.502 e. The van der Waals surface area contributed by atoms with Crippen LogP contribution in [0.4, 0.5) is 4.39 Å². The van der Waals surface area contributed by atoms with Crippen molar-refractivity contribution < 1.29 is 14.3 Å². The Labute approximate surface area is 184 Å². The molecule has 0 saturated heterocycles. The van der Waals surface area contributed by atoms with E-state index in [2.05, 4.69) is 12.1 Å². The topological polar surface area (TPSA) is 65.8 Å². The van der Waals surface area contributed by atoms with Crippen LogP contribution in [0.3, 0.4) is 0 Å². The molecule has 0 bridgehead atoms. The summed E-state index contributed by atoms with van der Waals surface area (Å²) in [5.74, 6) is -1.13. The van der Waals surface area contributed by atoms with Crippen molar-refractivity contribution in [3.8, 4) is 5.75 Å². The molecule has 2 aromatic carbocycles. The predicted molar refractivity (Wildman–Crippen MR) is 117 cm³/mol. The predicted octanol–water partition coefficient (Wildman–Crippen LogP) is 2.74. The summed E-state index contributed by atoms with van der Waals surface area (Å²) in [6.07, 6.45) is 2.91. The van der Waals surface area contributed by atoms with Crippen molar-refractivity contribution in [3.05, 3.63) is 98.7 Å². The number of aromatic nitrogens is 1. The lowest BCUT2D eigenvalue weighted by Gasteiger charge is -2.50. The molecule has 2 unspecified atom stereocenters. The van der Waals surface area contributed by atoms with Gasteiger partial charge in [0.25, 0.3) is 5.91 Å². The Morgan fingerprint density at radius 3 is 2.66 bits per heavy atom. The molecule has 3 aliphatic rings. The summed E-state index contributed by atoms with van der Waals surface area (Å²) in [4.78, 5) is 27.0. The highest BCUT2D eigenvalue weighted by Crippen LogP contribution is 2.57. The molecule has 3 aromatic rings. The van der Waals surface area contributed by atoms with Crippen LogP contribution in [0.15, 0.2) is 59.5 Å². The minimum absolute atomic E-state index is 0.0482. The Morgan fingerprint density at radius 1 is 1.06 bits per heavy atom. The van der Waals surface area contributed by atoms with Crippen LogP contribution in [-0.4, -0.2) is 33.8 Å². The van der Waals surface area contributed by atoms with Gasteiger partial charge in [-0.1, -0.05) is 36.4 Å². The van der Waals surface area contributed by atoms with Crippen LogP contribution >= 0.6 is 0 Å². The Morgan fingerprint density at radius 2 is 1.84 bits per heavy atom. The van der Waals surface area contributed by atoms with Gasteiger partial charge in [0.05, 0.1) is 0 Å². The summed E-state index contributed by atoms with van der Waals surface area (Å²) < 4.78 is 16.6. The fraction of sp³-hybridized carbons (Fsp3) is 0.280. The first-order valence-corrected chi connectivity index (χ1v) is 10.9. The zero-order valence-corrected chi connectivity index (χ0v) is 17.6. The highest BCUT2D eigenvalue weighted by Gasteiger charge is 2.59. The number of aromatic hydroxyl groups is 1. The summed E-state index contributed by atoms with van der Waals surface area (Å²) in [6.45, 7) is 2.53. The molecule has 0 spiro atoms. The van der Waals surface area contributed by atoms with E-state index in [4.69, 9.17) is 0 Å². The molecule has 1 amide bonds. The molecule has 0 radical (unpaired) electrons. The van der Waals surface area contributed by atoms with Gasteiger partial charge < -0.3 is 10.0 Å². The number of rotatable bonds is 2. The number of carbonyl (C=O) groups is 1. The Hall–Kier alpha value is -3.61. The van der Waals surface area contributed by atoms with Crippen molar-refractivity contribution >= 4 is 5.91 Å². The zero-order valence-electron chi connectivity index (χ0n) is 17.6. The first-order chi connectivity index (χ1) is 15.5. The number of benzene rings is 2. The Kier molecular flexibility index (Phi) is 3.85. The number of nitrogens with zero attached hydrogens (tertiary/aromatic N) is 3. The van der Waals surface area contributed by atoms with Gasteiger partial charge in [-0.05, 0) is 48.1 Å². The van der Waals surface area contributed by atoms with Crippen molar-refractivity contribution in [2.45, 2.75) is 25.3 Å². The smallest absolute Gasteiger partial charge is 0.277 e. The fourth-order valence-corrected chi connectivity index (χ4v) is 6.03. The minimum atomic E-state index is -0.724. The highest BCUT2D eigenvalue weighted by molar-refractivity contribution is 5.96. The zero-order chi connectivity index (χ0) is 22.2. The Bertz CT molecular complexity index is 1350. The van der Waals surface area contributed by atoms with E-state index >= 15 is 0 Å². The van der Waals surface area contributed by atoms with Crippen LogP contribution in [-0.2, 0) is 18.4 Å². The number of fused-ring (bicyclic) bond motifs is 6. The van der Waals surface area contributed by atoms with Crippen LogP contribution in [0.5, 0.6) is 5.75 Å². The molecule has 1 aromatic heterocycles. The normalized spacial score (nSPS) is 23.1. The van der Waals surface area contributed by atoms with Crippen molar-refractivity contribution in [3.63, 3.8) is 0 Å². The molecule has 1 N–H and O–H groups in total. The lowest BCUT2D eigenvalue weighted by molar-refractivity contribution is 0.0658. The second-order valence-corrected chi connectivity index (χ2v) is 8.72. The standard InChI is InChI=1S/C25H22FN3O3/c1-2-27-14-29(28-11-10-21(30)23(31)22(28)24(27)32)25-16(12-15-6-3-4-7-18(15)25)13-17-19(25)8-5-9-20(17)26/h3-11,16,31H,2,12-14H2,1H3. The molecule has 0 saturated carbocycles. The molecular formula is C25H22FN3O3. The second kappa shape index (κ2) is 6.45. The number of hydrogen-bond acceptors (Lipinski definition) is 4. The van der Waals surface area contributed by atoms with Gasteiger partial charge in [-0.25, -0.2) is 4.39 Å². The van der Waals surface area contributed by atoms with Crippen molar-refractivity contribution in [2.75, 3.05) is 18.2 Å². The number of carbonyl (C=O) groups excluding carboxylic acids is 1. The third kappa shape index (κ3) is 2.18. The van der Waals surface area contributed by atoms with Crippen LogP contribution in [0.1, 0.15) is 39.7 Å². The average molecular weight is 431 g/mol. The average Bonchev–Trinajstić information content (AvgIpc) is 3.29. The van der Waals surface area contributed by atoms with Gasteiger partial charge in [-0.2, -0.15) is 0 Å². The molecule has 2 heterocycles. The first-order valence-electron chi connectivity index (χ1n) is 10.9. The van der Waals surface area contributed by atoms with Crippen molar-refractivity contribution in [2.24, 2.45) is 5.92 Å². The van der Waals surface area contributed by atoms with Gasteiger partial charge in [0.2, 0.25) is 5.43 Å². The first kappa shape index (κ1) is 19.1. The molecule has 2 aliphatic carbocycles. The van der Waals surface area contributed by atoms with Crippen LogP contribution in [0.25, 0.3) is 0 Å². The number of amides is 1. The van der Waals surface area contributed by atoms with E-state index in [-0.39, 0.29) is 24.1 Å². The molecular weight excluding hydrogens is 409 g/mol. The van der Waals surface area contributed by atoms with Gasteiger partial charge in [-0.15, -0.1) is 0 Å². The number of pyridine rings is 1. The third-order valence-corrected chi connectivity index (χ3v) is 7.36. The van der Waals surface area contributed by atoms with E-state index in [0.717, 1.165) is 17.5 Å². The van der Waals surface area contributed by atoms with Gasteiger partial charge in [0.15, 0.2) is 11.4 Å². The lowest BCUT2D eigenvalue weighted by Crippen LogP contribution is -2.63. The molecule has 1 aliphatic heterocycles. The van der Waals surface area contributed by atoms with Crippen molar-refractivity contribution in [1.29, 1.82) is 0 Å². The minimum Gasteiger partial charge on any atom is -0.502 e. The number of halogens is 1. The summed E-state index contributed by atoms with van der Waals surface area (Å²) in [5.41, 5.74) is 2.47. The maximum absolute atomic E-state index is 15.0. The van der Waals surface area contributed by atoms with E-state index in [0.29, 0.717) is 18.5 Å². The highest BCUT2D eigenvalue weighted by atomic mass is 19.1. The maximum atomic E-state index is 15.0. The SMILES string of the molecule is CCN1CN(C23c4ccccc4CC2Cc2c(F)cccc23)n2ccc(=O)c(O)c2C1=O. The number of hydrogen-bond donors (Lipinski definition) is 1. The summed E-state index contributed by atoms with van der Waals surface area (Å²) >= 11 is 0. The van der Waals surface area contributed by atoms with E-state index in [9.17, 15) is 19.1 Å². The molecule has 0 fully saturated rings. The molecule has 6 rings (SSSR count). The van der Waals surface area contributed by atoms with E-state index < -0.39 is 22.6 Å².